The minimum atomic E-state index is -0.165. The average molecular weight is 356 g/mol. The third kappa shape index (κ3) is 5.39. The Hall–Kier alpha value is -1.79. The number of carbonyl (C=O) groups excluding carboxylic acids is 2. The monoisotopic (exact) mass is 355 g/mol. The third-order valence-corrected chi connectivity index (χ3v) is 4.10. The van der Waals surface area contributed by atoms with Crippen molar-refractivity contribution in [3.8, 4) is 5.75 Å². The molecule has 1 saturated heterocycles. The SMILES string of the molecule is Cc1ccc(OCC(=O)N2CCN(C(=O)C(C)CN)CC2)cc1.Cl. The van der Waals surface area contributed by atoms with Gasteiger partial charge in [-0.15, -0.1) is 12.4 Å². The lowest BCUT2D eigenvalue weighted by molar-refractivity contribution is -0.142. The van der Waals surface area contributed by atoms with Crippen LogP contribution in [0.5, 0.6) is 5.75 Å². The van der Waals surface area contributed by atoms with Gasteiger partial charge in [0.25, 0.3) is 5.91 Å². The molecule has 2 amide bonds. The Morgan fingerprint density at radius 3 is 2.21 bits per heavy atom. The first-order valence-electron chi connectivity index (χ1n) is 7.97. The number of amides is 2. The zero-order chi connectivity index (χ0) is 16.8. The molecule has 1 fully saturated rings. The number of ether oxygens (including phenoxy) is 1. The molecule has 0 aliphatic carbocycles. The molecule has 1 aliphatic heterocycles. The van der Waals surface area contributed by atoms with Crippen LogP contribution in [0.1, 0.15) is 12.5 Å². The van der Waals surface area contributed by atoms with Gasteiger partial charge in [0, 0.05) is 38.6 Å². The zero-order valence-corrected chi connectivity index (χ0v) is 15.1. The number of benzene rings is 1. The summed E-state index contributed by atoms with van der Waals surface area (Å²) in [7, 11) is 0. The third-order valence-electron chi connectivity index (χ3n) is 4.10. The highest BCUT2D eigenvalue weighted by Crippen LogP contribution is 2.12. The fraction of sp³-hybridized carbons (Fsp3) is 0.529. The number of carbonyl (C=O) groups is 2. The number of nitrogens with two attached hydrogens (primary N) is 1. The van der Waals surface area contributed by atoms with Gasteiger partial charge in [0.1, 0.15) is 5.75 Å². The van der Waals surface area contributed by atoms with Crippen molar-refractivity contribution in [3.05, 3.63) is 29.8 Å². The van der Waals surface area contributed by atoms with Crippen LogP contribution in [0.15, 0.2) is 24.3 Å². The lowest BCUT2D eigenvalue weighted by Crippen LogP contribution is -2.53. The Morgan fingerprint density at radius 2 is 1.67 bits per heavy atom. The van der Waals surface area contributed by atoms with Crippen LogP contribution in [-0.2, 0) is 9.59 Å². The second kappa shape index (κ2) is 9.49. The maximum atomic E-state index is 12.2. The summed E-state index contributed by atoms with van der Waals surface area (Å²) in [5.74, 6) is 0.539. The Labute approximate surface area is 149 Å². The van der Waals surface area contributed by atoms with Gasteiger partial charge in [0.15, 0.2) is 6.61 Å². The van der Waals surface area contributed by atoms with Gasteiger partial charge in [-0.25, -0.2) is 0 Å². The normalized spacial score (nSPS) is 15.5. The van der Waals surface area contributed by atoms with Crippen LogP contribution in [0.3, 0.4) is 0 Å². The summed E-state index contributed by atoms with van der Waals surface area (Å²) in [6.45, 7) is 6.40. The van der Waals surface area contributed by atoms with Gasteiger partial charge in [-0.05, 0) is 19.1 Å². The summed E-state index contributed by atoms with van der Waals surface area (Å²) in [6, 6.07) is 7.60. The van der Waals surface area contributed by atoms with Gasteiger partial charge in [0.2, 0.25) is 5.91 Å². The van der Waals surface area contributed by atoms with Gasteiger partial charge >= 0.3 is 0 Å². The highest BCUT2D eigenvalue weighted by atomic mass is 35.5. The predicted octanol–water partition coefficient (Wildman–Crippen LogP) is 1.06. The summed E-state index contributed by atoms with van der Waals surface area (Å²) in [6.07, 6.45) is 0. The standard InChI is InChI=1S/C17H25N3O3.ClH/c1-13-3-5-15(6-4-13)23-12-16(21)19-7-9-20(10-8-19)17(22)14(2)11-18;/h3-6,14H,7-12,18H2,1-2H3;1H. The van der Waals surface area contributed by atoms with Crippen LogP contribution < -0.4 is 10.5 Å². The summed E-state index contributed by atoms with van der Waals surface area (Å²) < 4.78 is 5.52. The van der Waals surface area contributed by atoms with E-state index in [-0.39, 0.29) is 36.7 Å². The van der Waals surface area contributed by atoms with Gasteiger partial charge in [-0.1, -0.05) is 24.6 Å². The van der Waals surface area contributed by atoms with Crippen molar-refractivity contribution in [2.45, 2.75) is 13.8 Å². The largest absolute Gasteiger partial charge is 0.484 e. The molecule has 1 atom stereocenters. The van der Waals surface area contributed by atoms with Crippen molar-refractivity contribution in [2.75, 3.05) is 39.3 Å². The first-order chi connectivity index (χ1) is 11.0. The van der Waals surface area contributed by atoms with E-state index >= 15 is 0 Å². The molecule has 6 nitrogen and oxygen atoms in total. The summed E-state index contributed by atoms with van der Waals surface area (Å²) >= 11 is 0. The molecule has 2 N–H and O–H groups in total. The van der Waals surface area contributed by atoms with E-state index in [1.807, 2.05) is 38.1 Å². The fourth-order valence-electron chi connectivity index (χ4n) is 2.46. The molecule has 1 aliphatic rings. The minimum absolute atomic E-state index is 0. The lowest BCUT2D eigenvalue weighted by atomic mass is 10.1. The van der Waals surface area contributed by atoms with Crippen LogP contribution in [0.4, 0.5) is 0 Å². The average Bonchev–Trinajstić information content (AvgIpc) is 2.59. The van der Waals surface area contributed by atoms with E-state index in [1.54, 1.807) is 9.80 Å². The van der Waals surface area contributed by atoms with Gasteiger partial charge in [-0.2, -0.15) is 0 Å². The smallest absolute Gasteiger partial charge is 0.260 e. The fourth-order valence-corrected chi connectivity index (χ4v) is 2.46. The summed E-state index contributed by atoms with van der Waals surface area (Å²) in [4.78, 5) is 27.8. The van der Waals surface area contributed by atoms with E-state index in [9.17, 15) is 9.59 Å². The predicted molar refractivity (Wildman–Crippen MR) is 95.3 cm³/mol. The molecule has 24 heavy (non-hydrogen) atoms. The molecule has 0 bridgehead atoms. The van der Waals surface area contributed by atoms with Gasteiger partial charge in [0.05, 0.1) is 0 Å². The van der Waals surface area contributed by atoms with Crippen molar-refractivity contribution in [1.29, 1.82) is 0 Å². The second-order valence-corrected chi connectivity index (χ2v) is 5.94. The Morgan fingerprint density at radius 1 is 1.12 bits per heavy atom. The molecule has 1 heterocycles. The topological polar surface area (TPSA) is 75.9 Å². The van der Waals surface area contributed by atoms with Crippen molar-refractivity contribution in [1.82, 2.24) is 9.80 Å². The molecule has 0 radical (unpaired) electrons. The maximum absolute atomic E-state index is 12.2. The van der Waals surface area contributed by atoms with E-state index in [0.29, 0.717) is 38.5 Å². The number of aryl methyl sites for hydroxylation is 1. The minimum Gasteiger partial charge on any atom is -0.484 e. The van der Waals surface area contributed by atoms with Crippen LogP contribution in [0.25, 0.3) is 0 Å². The summed E-state index contributed by atoms with van der Waals surface area (Å²) in [5, 5.41) is 0. The number of halogens is 1. The van der Waals surface area contributed by atoms with Crippen molar-refractivity contribution >= 4 is 24.2 Å². The van der Waals surface area contributed by atoms with Crippen molar-refractivity contribution in [2.24, 2.45) is 11.7 Å². The second-order valence-electron chi connectivity index (χ2n) is 5.94. The van der Waals surface area contributed by atoms with Crippen molar-refractivity contribution < 1.29 is 14.3 Å². The zero-order valence-electron chi connectivity index (χ0n) is 14.2. The van der Waals surface area contributed by atoms with Crippen LogP contribution >= 0.6 is 12.4 Å². The van der Waals surface area contributed by atoms with E-state index < -0.39 is 0 Å². The molecule has 1 unspecified atom stereocenters. The van der Waals surface area contributed by atoms with E-state index in [0.717, 1.165) is 5.56 Å². The van der Waals surface area contributed by atoms with E-state index in [2.05, 4.69) is 0 Å². The number of rotatable bonds is 5. The first-order valence-corrected chi connectivity index (χ1v) is 7.97. The molecular formula is C17H26ClN3O3. The first kappa shape index (κ1) is 20.3. The van der Waals surface area contributed by atoms with Crippen LogP contribution in [0, 0.1) is 12.8 Å². The van der Waals surface area contributed by atoms with Gasteiger partial charge < -0.3 is 20.3 Å². The highest BCUT2D eigenvalue weighted by molar-refractivity contribution is 5.85. The Kier molecular flexibility index (Phi) is 8.01. The maximum Gasteiger partial charge on any atom is 0.260 e. The number of piperazine rings is 1. The van der Waals surface area contributed by atoms with Gasteiger partial charge in [-0.3, -0.25) is 9.59 Å². The van der Waals surface area contributed by atoms with E-state index in [1.165, 1.54) is 0 Å². The quantitative estimate of drug-likeness (QED) is 0.857. The summed E-state index contributed by atoms with van der Waals surface area (Å²) in [5.41, 5.74) is 6.68. The number of hydrogen-bond donors (Lipinski definition) is 1. The molecule has 134 valence electrons. The number of hydrogen-bond acceptors (Lipinski definition) is 4. The molecule has 1 aromatic rings. The lowest BCUT2D eigenvalue weighted by Gasteiger charge is -2.35. The highest BCUT2D eigenvalue weighted by Gasteiger charge is 2.26. The molecule has 0 aromatic heterocycles. The molecule has 1 aromatic carbocycles. The van der Waals surface area contributed by atoms with Crippen molar-refractivity contribution in [3.63, 3.8) is 0 Å². The van der Waals surface area contributed by atoms with Crippen LogP contribution in [0.2, 0.25) is 0 Å². The molecular weight excluding hydrogens is 330 g/mol. The van der Waals surface area contributed by atoms with Crippen LogP contribution in [-0.4, -0.2) is 60.9 Å². The molecule has 7 heteroatoms. The number of nitrogens with zero attached hydrogens (tertiary/aromatic N) is 2. The molecule has 0 saturated carbocycles. The molecule has 0 spiro atoms. The Bertz CT molecular complexity index is 543. The molecule has 2 rings (SSSR count). The van der Waals surface area contributed by atoms with E-state index in [4.69, 9.17) is 10.5 Å². The Balaban J connectivity index is 0.00000288.